The van der Waals surface area contributed by atoms with Crippen LogP contribution in [0.5, 0.6) is 0 Å². The van der Waals surface area contributed by atoms with Crippen LogP contribution < -0.4 is 11.1 Å². The van der Waals surface area contributed by atoms with Gasteiger partial charge < -0.3 is 11.1 Å². The van der Waals surface area contributed by atoms with Crippen molar-refractivity contribution in [3.8, 4) is 0 Å². The Kier molecular flexibility index (Phi) is 4.44. The normalized spacial score (nSPS) is 10.3. The molecule has 0 saturated carbocycles. The van der Waals surface area contributed by atoms with Crippen molar-refractivity contribution in [1.29, 1.82) is 0 Å². The minimum Gasteiger partial charge on any atom is -0.398 e. The first kappa shape index (κ1) is 14.3. The minimum absolute atomic E-state index is 0.253. The molecule has 3 N–H and O–H groups in total. The number of carbonyl (C=O) groups excluding carboxylic acids is 1. The van der Waals surface area contributed by atoms with Gasteiger partial charge in [0.1, 0.15) is 5.15 Å². The van der Waals surface area contributed by atoms with Gasteiger partial charge >= 0.3 is 0 Å². The number of hydrogen-bond acceptors (Lipinski definition) is 3. The molecule has 0 aliphatic rings. The van der Waals surface area contributed by atoms with Crippen LogP contribution in [-0.4, -0.2) is 10.9 Å². The van der Waals surface area contributed by atoms with Crippen molar-refractivity contribution in [3.63, 3.8) is 0 Å². The highest BCUT2D eigenvalue weighted by Gasteiger charge is 2.09. The number of amides is 1. The summed E-state index contributed by atoms with van der Waals surface area (Å²) < 4.78 is 1.29. The van der Waals surface area contributed by atoms with Crippen LogP contribution in [0, 0.1) is 0 Å². The van der Waals surface area contributed by atoms with Gasteiger partial charge in [-0.1, -0.05) is 11.6 Å². The highest BCUT2D eigenvalue weighted by atomic mass is 79.9. The molecule has 1 heterocycles. The molecule has 0 aliphatic carbocycles. The fraction of sp³-hybridized carbons (Fsp3) is 0. The van der Waals surface area contributed by atoms with Crippen LogP contribution in [0.1, 0.15) is 10.4 Å². The summed E-state index contributed by atoms with van der Waals surface area (Å²) in [6.07, 6.45) is 1.48. The molecule has 0 aliphatic heterocycles. The quantitative estimate of drug-likeness (QED) is 0.584. The third kappa shape index (κ3) is 3.46. The third-order valence-corrected chi connectivity index (χ3v) is 4.14. The zero-order valence-corrected chi connectivity index (χ0v) is 13.4. The van der Waals surface area contributed by atoms with Gasteiger partial charge in [0.2, 0.25) is 0 Å². The Morgan fingerprint density at radius 3 is 2.63 bits per heavy atom. The average Bonchev–Trinajstić information content (AvgIpc) is 2.37. The highest BCUT2D eigenvalue weighted by molar-refractivity contribution is 9.11. The van der Waals surface area contributed by atoms with Crippen molar-refractivity contribution < 1.29 is 4.79 Å². The zero-order valence-electron chi connectivity index (χ0n) is 9.45. The van der Waals surface area contributed by atoms with Gasteiger partial charge in [0, 0.05) is 15.7 Å². The topological polar surface area (TPSA) is 68.0 Å². The largest absolute Gasteiger partial charge is 0.398 e. The van der Waals surface area contributed by atoms with Crippen LogP contribution in [0.15, 0.2) is 39.4 Å². The second kappa shape index (κ2) is 5.90. The van der Waals surface area contributed by atoms with E-state index in [1.807, 2.05) is 0 Å². The van der Waals surface area contributed by atoms with Crippen molar-refractivity contribution in [2.45, 2.75) is 0 Å². The van der Waals surface area contributed by atoms with Crippen molar-refractivity contribution in [2.24, 2.45) is 0 Å². The number of nitrogens with zero attached hydrogens (tertiary/aromatic N) is 1. The molecular weight excluding hydrogens is 397 g/mol. The Bertz CT molecular complexity index is 649. The van der Waals surface area contributed by atoms with Crippen LogP contribution in [0.4, 0.5) is 11.4 Å². The SMILES string of the molecule is Nc1ccc(C(=O)Nc2cnc(Cl)c(Br)c2)cc1Br. The lowest BCUT2D eigenvalue weighted by Gasteiger charge is -2.07. The first-order chi connectivity index (χ1) is 8.97. The van der Waals surface area contributed by atoms with Crippen LogP contribution in [0.25, 0.3) is 0 Å². The van der Waals surface area contributed by atoms with Gasteiger partial charge in [-0.25, -0.2) is 4.98 Å². The summed E-state index contributed by atoms with van der Waals surface area (Å²) in [6, 6.07) is 6.64. The number of hydrogen-bond donors (Lipinski definition) is 2. The summed E-state index contributed by atoms with van der Waals surface area (Å²) in [6.45, 7) is 0. The number of nitrogens with two attached hydrogens (primary N) is 1. The number of benzene rings is 1. The molecule has 1 amide bonds. The summed E-state index contributed by atoms with van der Waals surface area (Å²) in [4.78, 5) is 16.0. The van der Waals surface area contributed by atoms with E-state index in [1.165, 1.54) is 6.20 Å². The van der Waals surface area contributed by atoms with E-state index in [9.17, 15) is 4.79 Å². The number of carbonyl (C=O) groups is 1. The molecule has 0 unspecified atom stereocenters. The molecule has 2 rings (SSSR count). The molecule has 2 aromatic rings. The van der Waals surface area contributed by atoms with E-state index in [0.29, 0.717) is 31.0 Å². The molecule has 0 atom stereocenters. The number of nitrogen functional groups attached to an aromatic ring is 1. The molecule has 0 spiro atoms. The van der Waals surface area contributed by atoms with Crippen LogP contribution in [0.3, 0.4) is 0 Å². The molecule has 1 aromatic carbocycles. The van der Waals surface area contributed by atoms with Crippen LogP contribution in [0.2, 0.25) is 5.15 Å². The molecule has 0 radical (unpaired) electrons. The lowest BCUT2D eigenvalue weighted by Crippen LogP contribution is -2.12. The summed E-state index contributed by atoms with van der Waals surface area (Å²) in [7, 11) is 0. The smallest absolute Gasteiger partial charge is 0.255 e. The molecule has 1 aromatic heterocycles. The maximum absolute atomic E-state index is 12.0. The Labute approximate surface area is 131 Å². The van der Waals surface area contributed by atoms with E-state index >= 15 is 0 Å². The van der Waals surface area contributed by atoms with Gasteiger partial charge in [0.05, 0.1) is 16.4 Å². The lowest BCUT2D eigenvalue weighted by molar-refractivity contribution is 0.102. The first-order valence-electron chi connectivity index (χ1n) is 5.15. The van der Waals surface area contributed by atoms with Gasteiger partial charge in [-0.3, -0.25) is 4.79 Å². The fourth-order valence-corrected chi connectivity index (χ4v) is 2.19. The summed E-state index contributed by atoms with van der Waals surface area (Å²) >= 11 is 12.3. The summed E-state index contributed by atoms with van der Waals surface area (Å²) in [5, 5.41) is 3.06. The summed E-state index contributed by atoms with van der Waals surface area (Å²) in [5.41, 5.74) is 7.29. The van der Waals surface area contributed by atoms with E-state index in [2.05, 4.69) is 42.2 Å². The predicted octanol–water partition coefficient (Wildman–Crippen LogP) is 4.09. The standard InChI is InChI=1S/C12H8Br2ClN3O/c13-8-3-6(1-2-10(8)16)12(19)18-7-4-9(14)11(15)17-5-7/h1-5H,16H2,(H,18,19). The lowest BCUT2D eigenvalue weighted by atomic mass is 10.2. The molecule has 7 heteroatoms. The Morgan fingerprint density at radius 2 is 2.00 bits per heavy atom. The number of aromatic nitrogens is 1. The number of pyridine rings is 1. The van der Waals surface area contributed by atoms with Crippen LogP contribution in [-0.2, 0) is 0 Å². The molecule has 0 bridgehead atoms. The van der Waals surface area contributed by atoms with Gasteiger partial charge in [0.15, 0.2) is 0 Å². The number of nitrogens with one attached hydrogen (secondary N) is 1. The van der Waals surface area contributed by atoms with E-state index in [-0.39, 0.29) is 5.91 Å². The van der Waals surface area contributed by atoms with Gasteiger partial charge in [0.25, 0.3) is 5.91 Å². The molecule has 0 fully saturated rings. The Hall–Kier alpha value is -1.11. The minimum atomic E-state index is -0.253. The first-order valence-corrected chi connectivity index (χ1v) is 7.11. The molecule has 98 valence electrons. The van der Waals surface area contributed by atoms with Gasteiger partial charge in [-0.2, -0.15) is 0 Å². The van der Waals surface area contributed by atoms with Crippen molar-refractivity contribution >= 4 is 60.7 Å². The average molecular weight is 405 g/mol. The third-order valence-electron chi connectivity index (χ3n) is 2.32. The van der Waals surface area contributed by atoms with E-state index in [0.717, 1.165) is 0 Å². The van der Waals surface area contributed by atoms with Gasteiger partial charge in [-0.15, -0.1) is 0 Å². The number of halogens is 3. The van der Waals surface area contributed by atoms with Crippen molar-refractivity contribution in [3.05, 3.63) is 50.1 Å². The second-order valence-electron chi connectivity index (χ2n) is 3.69. The van der Waals surface area contributed by atoms with Crippen molar-refractivity contribution in [1.82, 2.24) is 4.98 Å². The van der Waals surface area contributed by atoms with E-state index < -0.39 is 0 Å². The van der Waals surface area contributed by atoms with Gasteiger partial charge in [-0.05, 0) is 56.1 Å². The van der Waals surface area contributed by atoms with E-state index in [4.69, 9.17) is 17.3 Å². The molecule has 0 saturated heterocycles. The van der Waals surface area contributed by atoms with Crippen LogP contribution >= 0.6 is 43.5 Å². The number of rotatable bonds is 2. The highest BCUT2D eigenvalue weighted by Crippen LogP contribution is 2.24. The predicted molar refractivity (Wildman–Crippen MR) is 83.5 cm³/mol. The molecule has 4 nitrogen and oxygen atoms in total. The monoisotopic (exact) mass is 403 g/mol. The Balaban J connectivity index is 2.20. The Morgan fingerprint density at radius 1 is 1.26 bits per heavy atom. The summed E-state index contributed by atoms with van der Waals surface area (Å²) in [5.74, 6) is -0.253. The zero-order chi connectivity index (χ0) is 14.0. The maximum atomic E-state index is 12.0. The van der Waals surface area contributed by atoms with Crippen molar-refractivity contribution in [2.75, 3.05) is 11.1 Å². The number of anilines is 2. The molecular formula is C12H8Br2ClN3O. The fourth-order valence-electron chi connectivity index (χ4n) is 1.36. The molecule has 19 heavy (non-hydrogen) atoms. The second-order valence-corrected chi connectivity index (χ2v) is 5.75. The maximum Gasteiger partial charge on any atom is 0.255 e. The van der Waals surface area contributed by atoms with E-state index in [1.54, 1.807) is 24.3 Å².